The van der Waals surface area contributed by atoms with E-state index in [0.29, 0.717) is 30.6 Å². The molecule has 0 bridgehead atoms. The largest absolute Gasteiger partial charge is 0.463 e. The number of hydrogen-bond acceptors (Lipinski definition) is 5. The van der Waals surface area contributed by atoms with Crippen molar-refractivity contribution in [2.24, 2.45) is 4.99 Å². The predicted octanol–water partition coefficient (Wildman–Crippen LogP) is 1.77. The number of nitrogens with one attached hydrogen (secondary N) is 2. The number of amides is 1. The van der Waals surface area contributed by atoms with E-state index >= 15 is 0 Å². The second-order valence-corrected chi connectivity index (χ2v) is 5.79. The van der Waals surface area contributed by atoms with E-state index in [1.807, 2.05) is 35.9 Å². The van der Waals surface area contributed by atoms with Gasteiger partial charge in [-0.15, -0.1) is 0 Å². The fourth-order valence-corrected chi connectivity index (χ4v) is 2.56. The maximum atomic E-state index is 12.1. The molecule has 0 atom stereocenters. The van der Waals surface area contributed by atoms with Crippen LogP contribution in [-0.4, -0.2) is 41.7 Å². The monoisotopic (exact) mass is 367 g/mol. The van der Waals surface area contributed by atoms with Gasteiger partial charge in [0.25, 0.3) is 5.91 Å². The third-order valence-electron chi connectivity index (χ3n) is 3.79. The molecule has 8 nitrogen and oxygen atoms in total. The lowest BCUT2D eigenvalue weighted by Gasteiger charge is -2.10. The number of aromatic nitrogens is 2. The average Bonchev–Trinajstić information content (AvgIpc) is 3.22. The number of benzene rings is 1. The number of aryl methyl sites for hydroxylation is 1. The molecule has 27 heavy (non-hydrogen) atoms. The molecule has 2 aromatic rings. The highest BCUT2D eigenvalue weighted by molar-refractivity contribution is 6.15. The van der Waals surface area contributed by atoms with E-state index in [0.717, 1.165) is 16.9 Å². The third-order valence-corrected chi connectivity index (χ3v) is 3.79. The number of imidazole rings is 1. The first-order chi connectivity index (χ1) is 13.1. The number of nitrogens with zero attached hydrogens (tertiary/aromatic N) is 3. The van der Waals surface area contributed by atoms with Crippen molar-refractivity contribution < 1.29 is 14.3 Å². The number of guanidine groups is 1. The molecule has 8 heteroatoms. The maximum absolute atomic E-state index is 12.1. The number of hydrogen-bond donors (Lipinski definition) is 2. The van der Waals surface area contributed by atoms with Crippen LogP contribution in [0.3, 0.4) is 0 Å². The molecule has 0 saturated carbocycles. The topological polar surface area (TPSA) is 89.8 Å². The van der Waals surface area contributed by atoms with Gasteiger partial charge in [-0.3, -0.25) is 15.1 Å². The van der Waals surface area contributed by atoms with Gasteiger partial charge in [0.05, 0.1) is 37.1 Å². The SMILES string of the molecule is C=COc1cc(/C=C2\NC(=NCCOC)NC2=O)ccc1-n1cnc(C)c1. The highest BCUT2D eigenvalue weighted by Crippen LogP contribution is 2.26. The van der Waals surface area contributed by atoms with Crippen LogP contribution in [0.2, 0.25) is 0 Å². The van der Waals surface area contributed by atoms with E-state index in [4.69, 9.17) is 9.47 Å². The lowest BCUT2D eigenvalue weighted by atomic mass is 10.1. The number of carbonyl (C=O) groups is 1. The van der Waals surface area contributed by atoms with Crippen molar-refractivity contribution in [2.75, 3.05) is 20.3 Å². The summed E-state index contributed by atoms with van der Waals surface area (Å²) in [5.41, 5.74) is 2.92. The van der Waals surface area contributed by atoms with E-state index in [-0.39, 0.29) is 5.91 Å². The Kier molecular flexibility index (Phi) is 5.68. The third kappa shape index (κ3) is 4.42. The van der Waals surface area contributed by atoms with Crippen LogP contribution in [0.15, 0.2) is 54.3 Å². The molecule has 0 unspecified atom stereocenters. The van der Waals surface area contributed by atoms with E-state index < -0.39 is 0 Å². The Balaban J connectivity index is 1.86. The molecule has 2 N–H and O–H groups in total. The molecule has 1 amide bonds. The van der Waals surface area contributed by atoms with E-state index in [2.05, 4.69) is 27.2 Å². The highest BCUT2D eigenvalue weighted by Gasteiger charge is 2.21. The fraction of sp³-hybridized carbons (Fsp3) is 0.211. The van der Waals surface area contributed by atoms with Crippen molar-refractivity contribution in [1.82, 2.24) is 20.2 Å². The van der Waals surface area contributed by atoms with Gasteiger partial charge >= 0.3 is 0 Å². The molecule has 0 spiro atoms. The first-order valence-corrected chi connectivity index (χ1v) is 8.36. The van der Waals surface area contributed by atoms with E-state index in [1.165, 1.54) is 6.26 Å². The molecular weight excluding hydrogens is 346 g/mol. The normalized spacial score (nSPS) is 16.4. The zero-order valence-electron chi connectivity index (χ0n) is 15.2. The number of methoxy groups -OCH3 is 1. The maximum Gasteiger partial charge on any atom is 0.274 e. The molecular formula is C19H21N5O3. The van der Waals surface area contributed by atoms with Gasteiger partial charge in [0.15, 0.2) is 5.75 Å². The minimum Gasteiger partial charge on any atom is -0.463 e. The van der Waals surface area contributed by atoms with E-state index in [9.17, 15) is 4.79 Å². The highest BCUT2D eigenvalue weighted by atomic mass is 16.5. The predicted molar refractivity (Wildman–Crippen MR) is 103 cm³/mol. The molecule has 1 fully saturated rings. The molecule has 1 aromatic heterocycles. The molecule has 3 rings (SSSR count). The second kappa shape index (κ2) is 8.33. The van der Waals surface area contributed by atoms with Crippen molar-refractivity contribution in [1.29, 1.82) is 0 Å². The summed E-state index contributed by atoms with van der Waals surface area (Å²) >= 11 is 0. The lowest BCUT2D eigenvalue weighted by Crippen LogP contribution is -2.25. The van der Waals surface area contributed by atoms with Gasteiger partial charge in [-0.25, -0.2) is 4.98 Å². The molecule has 2 heterocycles. The van der Waals surface area contributed by atoms with Crippen molar-refractivity contribution in [3.8, 4) is 11.4 Å². The summed E-state index contributed by atoms with van der Waals surface area (Å²) in [6.45, 7) is 6.48. The first kappa shape index (κ1) is 18.4. The summed E-state index contributed by atoms with van der Waals surface area (Å²) in [6, 6.07) is 5.61. The molecule has 1 aromatic carbocycles. The molecule has 1 aliphatic rings. The molecule has 1 saturated heterocycles. The zero-order chi connectivity index (χ0) is 19.2. The smallest absolute Gasteiger partial charge is 0.274 e. The Bertz CT molecular complexity index is 914. The minimum atomic E-state index is -0.244. The second-order valence-electron chi connectivity index (χ2n) is 5.79. The van der Waals surface area contributed by atoms with Crippen LogP contribution >= 0.6 is 0 Å². The number of aliphatic imine (C=N–C) groups is 1. The summed E-state index contributed by atoms with van der Waals surface area (Å²) in [6.07, 6.45) is 6.71. The summed E-state index contributed by atoms with van der Waals surface area (Å²) in [7, 11) is 1.60. The molecule has 140 valence electrons. The number of carbonyl (C=O) groups excluding carboxylic acids is 1. The van der Waals surface area contributed by atoms with Crippen LogP contribution in [-0.2, 0) is 9.53 Å². The summed E-state index contributed by atoms with van der Waals surface area (Å²) < 4.78 is 12.4. The quantitative estimate of drug-likeness (QED) is 0.442. The van der Waals surface area contributed by atoms with Crippen LogP contribution in [0.25, 0.3) is 11.8 Å². The summed E-state index contributed by atoms with van der Waals surface area (Å²) in [5.74, 6) is 0.771. The average molecular weight is 367 g/mol. The standard InChI is InChI=1S/C19H21N5O3/c1-4-27-17-10-14(5-6-16(17)24-11-13(2)21-12-24)9-15-18(25)23-19(22-15)20-7-8-26-3/h4-6,9-12H,1,7-8H2,2-3H3,(H2,20,22,23,25)/b15-9-. The fourth-order valence-electron chi connectivity index (χ4n) is 2.56. The van der Waals surface area contributed by atoms with Crippen molar-refractivity contribution in [2.45, 2.75) is 6.92 Å². The Labute approximate surface area is 157 Å². The molecule has 0 aliphatic carbocycles. The van der Waals surface area contributed by atoms with E-state index in [1.54, 1.807) is 19.5 Å². The molecule has 0 radical (unpaired) electrons. The Morgan fingerprint density at radius 1 is 1.37 bits per heavy atom. The van der Waals surface area contributed by atoms with Gasteiger partial charge in [-0.05, 0) is 30.7 Å². The van der Waals surface area contributed by atoms with Gasteiger partial charge in [-0.1, -0.05) is 12.6 Å². The Hall–Kier alpha value is -3.39. The van der Waals surface area contributed by atoms with Crippen molar-refractivity contribution in [3.63, 3.8) is 0 Å². The first-order valence-electron chi connectivity index (χ1n) is 8.36. The van der Waals surface area contributed by atoms with Crippen LogP contribution < -0.4 is 15.4 Å². The van der Waals surface area contributed by atoms with Gasteiger partial charge < -0.3 is 19.4 Å². The van der Waals surface area contributed by atoms with Crippen molar-refractivity contribution in [3.05, 3.63) is 60.5 Å². The lowest BCUT2D eigenvalue weighted by molar-refractivity contribution is -0.115. The van der Waals surface area contributed by atoms with Crippen LogP contribution in [0.4, 0.5) is 0 Å². The van der Waals surface area contributed by atoms with Crippen LogP contribution in [0.1, 0.15) is 11.3 Å². The number of ether oxygens (including phenoxy) is 2. The van der Waals surface area contributed by atoms with Gasteiger partial charge in [0.2, 0.25) is 5.96 Å². The Morgan fingerprint density at radius 2 is 2.22 bits per heavy atom. The zero-order valence-corrected chi connectivity index (χ0v) is 15.2. The van der Waals surface area contributed by atoms with Crippen LogP contribution in [0, 0.1) is 6.92 Å². The van der Waals surface area contributed by atoms with Gasteiger partial charge in [0.1, 0.15) is 5.70 Å². The molecule has 1 aliphatic heterocycles. The Morgan fingerprint density at radius 3 is 2.93 bits per heavy atom. The summed E-state index contributed by atoms with van der Waals surface area (Å²) in [5, 5.41) is 5.65. The van der Waals surface area contributed by atoms with Gasteiger partial charge in [-0.2, -0.15) is 0 Å². The number of rotatable bonds is 7. The minimum absolute atomic E-state index is 0.244. The van der Waals surface area contributed by atoms with Gasteiger partial charge in [0, 0.05) is 13.3 Å². The van der Waals surface area contributed by atoms with Crippen molar-refractivity contribution >= 4 is 17.9 Å². The van der Waals surface area contributed by atoms with Crippen LogP contribution in [0.5, 0.6) is 5.75 Å². The summed E-state index contributed by atoms with van der Waals surface area (Å²) in [4.78, 5) is 20.6.